The minimum Gasteiger partial charge on any atom is -0.493 e. The van der Waals surface area contributed by atoms with E-state index < -0.39 is 15.9 Å². The summed E-state index contributed by atoms with van der Waals surface area (Å²) in [5, 5.41) is 2.67. The van der Waals surface area contributed by atoms with Crippen molar-refractivity contribution in [1.29, 1.82) is 0 Å². The Hall–Kier alpha value is -2.91. The highest BCUT2D eigenvalue weighted by atomic mass is 79.9. The van der Waals surface area contributed by atoms with Gasteiger partial charge in [-0.25, -0.2) is 13.4 Å². The van der Waals surface area contributed by atoms with Gasteiger partial charge in [0.15, 0.2) is 0 Å². The van der Waals surface area contributed by atoms with Crippen LogP contribution in [0.15, 0.2) is 70.0 Å². The number of carbonyl (C=O) groups is 1. The van der Waals surface area contributed by atoms with Crippen LogP contribution >= 0.6 is 15.9 Å². The number of aryl methyl sites for hydroxylation is 1. The van der Waals surface area contributed by atoms with Crippen LogP contribution in [0.5, 0.6) is 5.75 Å². The number of hydrogen-bond acceptors (Lipinski definition) is 5. The molecule has 1 aromatic heterocycles. The molecule has 30 heavy (non-hydrogen) atoms. The van der Waals surface area contributed by atoms with Gasteiger partial charge in [0.05, 0.1) is 21.7 Å². The van der Waals surface area contributed by atoms with E-state index in [-0.39, 0.29) is 10.5 Å². The molecular formula is C21H20BrN3O4S. The van der Waals surface area contributed by atoms with Crippen LogP contribution in [-0.2, 0) is 10.0 Å². The Kier molecular flexibility index (Phi) is 6.73. The maximum Gasteiger partial charge on any atom is 0.261 e. The quantitative estimate of drug-likeness (QED) is 0.505. The lowest BCUT2D eigenvalue weighted by Gasteiger charge is -2.12. The number of carbonyl (C=O) groups excluding carboxylic acids is 1. The van der Waals surface area contributed by atoms with E-state index in [1.54, 1.807) is 30.3 Å². The van der Waals surface area contributed by atoms with Gasteiger partial charge in [0.25, 0.3) is 15.9 Å². The molecule has 9 heteroatoms. The van der Waals surface area contributed by atoms with Gasteiger partial charge in [-0.3, -0.25) is 9.52 Å². The highest BCUT2D eigenvalue weighted by Crippen LogP contribution is 2.29. The third-order valence-electron chi connectivity index (χ3n) is 4.02. The van der Waals surface area contributed by atoms with E-state index in [1.807, 2.05) is 19.9 Å². The number of amides is 1. The minimum absolute atomic E-state index is 0.0302. The van der Waals surface area contributed by atoms with Gasteiger partial charge >= 0.3 is 0 Å². The molecular weight excluding hydrogens is 470 g/mol. The summed E-state index contributed by atoms with van der Waals surface area (Å²) >= 11 is 3.36. The summed E-state index contributed by atoms with van der Waals surface area (Å²) in [6.07, 6.45) is 0. The van der Waals surface area contributed by atoms with Gasteiger partial charge in [-0.2, -0.15) is 0 Å². The Morgan fingerprint density at radius 3 is 2.57 bits per heavy atom. The van der Waals surface area contributed by atoms with Crippen LogP contribution < -0.4 is 14.8 Å². The number of nitrogens with zero attached hydrogens (tertiary/aromatic N) is 1. The molecule has 0 saturated heterocycles. The number of ether oxygens (including phenoxy) is 1. The van der Waals surface area contributed by atoms with E-state index in [4.69, 9.17) is 4.74 Å². The molecule has 156 valence electrons. The second-order valence-corrected chi connectivity index (χ2v) is 8.87. The zero-order valence-electron chi connectivity index (χ0n) is 16.3. The average molecular weight is 490 g/mol. The topological polar surface area (TPSA) is 97.4 Å². The van der Waals surface area contributed by atoms with Gasteiger partial charge in [-0.1, -0.05) is 12.1 Å². The van der Waals surface area contributed by atoms with Crippen LogP contribution in [0, 0.1) is 6.92 Å². The molecule has 0 spiro atoms. The Balaban J connectivity index is 1.80. The zero-order chi connectivity index (χ0) is 21.7. The lowest BCUT2D eigenvalue weighted by Crippen LogP contribution is -2.16. The van der Waals surface area contributed by atoms with E-state index >= 15 is 0 Å². The largest absolute Gasteiger partial charge is 0.493 e. The number of aromatic nitrogens is 1. The monoisotopic (exact) mass is 489 g/mol. The van der Waals surface area contributed by atoms with Crippen molar-refractivity contribution >= 4 is 43.4 Å². The van der Waals surface area contributed by atoms with Crippen LogP contribution in [0.25, 0.3) is 0 Å². The van der Waals surface area contributed by atoms with Crippen molar-refractivity contribution < 1.29 is 17.9 Å². The summed E-state index contributed by atoms with van der Waals surface area (Å²) < 4.78 is 34.2. The van der Waals surface area contributed by atoms with Crippen molar-refractivity contribution in [2.75, 3.05) is 16.6 Å². The molecule has 0 aliphatic rings. The number of nitrogens with one attached hydrogen (secondary N) is 2. The van der Waals surface area contributed by atoms with Gasteiger partial charge in [-0.15, -0.1) is 0 Å². The summed E-state index contributed by atoms with van der Waals surface area (Å²) in [7, 11) is -3.90. The van der Waals surface area contributed by atoms with Gasteiger partial charge in [0.2, 0.25) is 0 Å². The number of anilines is 2. The third-order valence-corrected chi connectivity index (χ3v) is 6.02. The molecule has 0 atom stereocenters. The number of pyridine rings is 1. The second kappa shape index (κ2) is 9.27. The summed E-state index contributed by atoms with van der Waals surface area (Å²) in [6.45, 7) is 4.17. The predicted octanol–water partition coefficient (Wildman–Crippen LogP) is 4.60. The number of rotatable bonds is 7. The van der Waals surface area contributed by atoms with E-state index in [1.165, 1.54) is 24.3 Å². The highest BCUT2D eigenvalue weighted by molar-refractivity contribution is 9.10. The van der Waals surface area contributed by atoms with E-state index in [9.17, 15) is 13.2 Å². The first-order chi connectivity index (χ1) is 14.3. The lowest BCUT2D eigenvalue weighted by atomic mass is 10.2. The molecule has 3 aromatic rings. The summed E-state index contributed by atoms with van der Waals surface area (Å²) in [4.78, 5) is 16.7. The summed E-state index contributed by atoms with van der Waals surface area (Å²) in [6, 6.07) is 15.9. The van der Waals surface area contributed by atoms with Crippen LogP contribution in [0.3, 0.4) is 0 Å². The van der Waals surface area contributed by atoms with Crippen LogP contribution in [0.4, 0.5) is 11.5 Å². The molecule has 2 N–H and O–H groups in total. The normalized spacial score (nSPS) is 11.0. The fourth-order valence-corrected chi connectivity index (χ4v) is 4.24. The lowest BCUT2D eigenvalue weighted by molar-refractivity contribution is 0.102. The molecule has 0 unspecified atom stereocenters. The Bertz CT molecular complexity index is 1180. The smallest absolute Gasteiger partial charge is 0.261 e. The van der Waals surface area contributed by atoms with Crippen molar-refractivity contribution in [2.24, 2.45) is 0 Å². The molecule has 0 bridgehead atoms. The van der Waals surface area contributed by atoms with Crippen molar-refractivity contribution in [3.05, 3.63) is 76.4 Å². The first-order valence-electron chi connectivity index (χ1n) is 9.09. The Labute approximate surface area is 183 Å². The highest BCUT2D eigenvalue weighted by Gasteiger charge is 2.17. The van der Waals surface area contributed by atoms with Gasteiger partial charge in [0, 0.05) is 11.3 Å². The fourth-order valence-electron chi connectivity index (χ4n) is 2.66. The zero-order valence-corrected chi connectivity index (χ0v) is 18.7. The van der Waals surface area contributed by atoms with Gasteiger partial charge < -0.3 is 10.1 Å². The molecule has 2 aromatic carbocycles. The first kappa shape index (κ1) is 21.8. The molecule has 1 heterocycles. The standard InChI is InChI=1S/C21H20BrN3O4S/c1-3-29-19-11-10-16(13-18(19)22)25-30(27,28)17-8-5-7-15(12-17)21(26)24-20-9-4-6-14(2)23-20/h4-13,25H,3H2,1-2H3,(H,23,24,26). The van der Waals surface area contributed by atoms with Crippen LogP contribution in [0.1, 0.15) is 23.0 Å². The van der Waals surface area contributed by atoms with Gasteiger partial charge in [-0.05, 0) is 78.3 Å². The fraction of sp³-hybridized carbons (Fsp3) is 0.143. The molecule has 0 radical (unpaired) electrons. The van der Waals surface area contributed by atoms with Crippen LogP contribution in [-0.4, -0.2) is 25.9 Å². The molecule has 0 fully saturated rings. The third kappa shape index (κ3) is 5.37. The van der Waals surface area contributed by atoms with E-state index in [0.29, 0.717) is 28.3 Å². The van der Waals surface area contributed by atoms with Crippen molar-refractivity contribution in [1.82, 2.24) is 4.98 Å². The Morgan fingerprint density at radius 2 is 1.87 bits per heavy atom. The first-order valence-corrected chi connectivity index (χ1v) is 11.4. The molecule has 0 aliphatic carbocycles. The van der Waals surface area contributed by atoms with Crippen molar-refractivity contribution in [2.45, 2.75) is 18.7 Å². The molecule has 0 aliphatic heterocycles. The second-order valence-electron chi connectivity index (χ2n) is 6.33. The average Bonchev–Trinajstić information content (AvgIpc) is 2.70. The van der Waals surface area contributed by atoms with Gasteiger partial charge in [0.1, 0.15) is 11.6 Å². The van der Waals surface area contributed by atoms with Crippen molar-refractivity contribution in [3.63, 3.8) is 0 Å². The molecule has 0 saturated carbocycles. The maximum atomic E-state index is 12.8. The summed E-state index contributed by atoms with van der Waals surface area (Å²) in [5.74, 6) is 0.559. The Morgan fingerprint density at radius 1 is 1.10 bits per heavy atom. The van der Waals surface area contributed by atoms with E-state index in [0.717, 1.165) is 5.69 Å². The number of halogens is 1. The van der Waals surface area contributed by atoms with Crippen LogP contribution in [0.2, 0.25) is 0 Å². The number of hydrogen-bond donors (Lipinski definition) is 2. The van der Waals surface area contributed by atoms with Crippen molar-refractivity contribution in [3.8, 4) is 5.75 Å². The molecule has 1 amide bonds. The number of benzene rings is 2. The maximum absolute atomic E-state index is 12.8. The molecule has 3 rings (SSSR count). The van der Waals surface area contributed by atoms with E-state index in [2.05, 4.69) is 31.0 Å². The molecule has 7 nitrogen and oxygen atoms in total. The number of sulfonamides is 1. The predicted molar refractivity (Wildman–Crippen MR) is 119 cm³/mol. The SMILES string of the molecule is CCOc1ccc(NS(=O)(=O)c2cccc(C(=O)Nc3cccc(C)n3)c2)cc1Br. The summed E-state index contributed by atoms with van der Waals surface area (Å²) in [5.41, 5.74) is 1.33. The minimum atomic E-state index is -3.90.